The van der Waals surface area contributed by atoms with Crippen molar-refractivity contribution in [3.63, 3.8) is 0 Å². The summed E-state index contributed by atoms with van der Waals surface area (Å²) in [6, 6.07) is 11.0. The van der Waals surface area contributed by atoms with Crippen LogP contribution in [-0.2, 0) is 6.42 Å². The molecule has 1 aliphatic rings. The van der Waals surface area contributed by atoms with E-state index in [1.54, 1.807) is 11.3 Å². The molecule has 1 saturated carbocycles. The number of rotatable bonds is 6. The Morgan fingerprint density at radius 3 is 2.79 bits per heavy atom. The highest BCUT2D eigenvalue weighted by molar-refractivity contribution is 7.09. The molecule has 1 aliphatic carbocycles. The number of likely N-dealkylation sites (N-methyl/N-ethyl adjacent to an activating group) is 1. The molecule has 2 nitrogen and oxygen atoms in total. The monoisotopic (exact) mass is 272 g/mol. The van der Waals surface area contributed by atoms with Crippen LogP contribution in [0.2, 0.25) is 0 Å². The summed E-state index contributed by atoms with van der Waals surface area (Å²) in [4.78, 5) is 4.77. The van der Waals surface area contributed by atoms with Crippen molar-refractivity contribution in [2.24, 2.45) is 5.92 Å². The zero-order chi connectivity index (χ0) is 13.1. The lowest BCUT2D eigenvalue weighted by atomic mass is 10.1. The Labute approximate surface area is 118 Å². The van der Waals surface area contributed by atoms with Crippen LogP contribution in [0.1, 0.15) is 24.3 Å². The number of hydrogen-bond acceptors (Lipinski definition) is 3. The predicted octanol–water partition coefficient (Wildman–Crippen LogP) is 3.74. The fourth-order valence-corrected chi connectivity index (χ4v) is 3.30. The Kier molecular flexibility index (Phi) is 3.95. The van der Waals surface area contributed by atoms with Crippen LogP contribution in [0, 0.1) is 5.92 Å². The van der Waals surface area contributed by atoms with E-state index in [1.165, 1.54) is 29.8 Å². The van der Waals surface area contributed by atoms with E-state index in [1.807, 2.05) is 6.07 Å². The minimum Gasteiger partial charge on any atom is -0.317 e. The molecule has 1 aromatic carbocycles. The number of nitrogens with one attached hydrogen (secondary N) is 1. The van der Waals surface area contributed by atoms with Gasteiger partial charge in [0.25, 0.3) is 0 Å². The zero-order valence-corrected chi connectivity index (χ0v) is 12.1. The molecule has 2 aromatic rings. The summed E-state index contributed by atoms with van der Waals surface area (Å²) in [5.74, 6) is 0.964. The summed E-state index contributed by atoms with van der Waals surface area (Å²) in [5.41, 5.74) is 2.33. The summed E-state index contributed by atoms with van der Waals surface area (Å²) >= 11 is 1.78. The molecule has 0 spiro atoms. The minimum absolute atomic E-state index is 0.585. The molecule has 100 valence electrons. The molecule has 0 amide bonds. The molecule has 1 N–H and O–H groups in total. The van der Waals surface area contributed by atoms with Gasteiger partial charge in [0.2, 0.25) is 0 Å². The first-order valence-electron chi connectivity index (χ1n) is 7.02. The first kappa shape index (κ1) is 12.8. The lowest BCUT2D eigenvalue weighted by Gasteiger charge is -2.13. The van der Waals surface area contributed by atoms with Gasteiger partial charge in [-0.1, -0.05) is 43.2 Å². The minimum atomic E-state index is 0.585. The first-order valence-corrected chi connectivity index (χ1v) is 7.90. The second kappa shape index (κ2) is 5.85. The molecule has 1 atom stereocenters. The van der Waals surface area contributed by atoms with Crippen LogP contribution < -0.4 is 5.32 Å². The van der Waals surface area contributed by atoms with Gasteiger partial charge >= 0.3 is 0 Å². The first-order chi connectivity index (χ1) is 9.35. The normalized spacial score (nSPS) is 16.5. The van der Waals surface area contributed by atoms with Crippen LogP contribution in [0.4, 0.5) is 0 Å². The van der Waals surface area contributed by atoms with Crippen molar-refractivity contribution in [3.05, 3.63) is 40.7 Å². The SMILES string of the molecule is CNC(Cc1nc(-c2ccccc2)cs1)CC1CC1. The number of nitrogens with zero attached hydrogens (tertiary/aromatic N) is 1. The van der Waals surface area contributed by atoms with E-state index in [4.69, 9.17) is 4.98 Å². The topological polar surface area (TPSA) is 24.9 Å². The Bertz CT molecular complexity index is 517. The van der Waals surface area contributed by atoms with Gasteiger partial charge in [0.15, 0.2) is 0 Å². The van der Waals surface area contributed by atoms with E-state index in [0.29, 0.717) is 6.04 Å². The molecule has 1 aromatic heterocycles. The highest BCUT2D eigenvalue weighted by Gasteiger charge is 2.25. The van der Waals surface area contributed by atoms with Crippen LogP contribution in [0.3, 0.4) is 0 Å². The maximum atomic E-state index is 4.77. The summed E-state index contributed by atoms with van der Waals surface area (Å²) in [7, 11) is 2.07. The van der Waals surface area contributed by atoms with Crippen LogP contribution >= 0.6 is 11.3 Å². The Morgan fingerprint density at radius 2 is 2.11 bits per heavy atom. The van der Waals surface area contributed by atoms with E-state index in [0.717, 1.165) is 18.0 Å². The van der Waals surface area contributed by atoms with Crippen molar-refractivity contribution in [3.8, 4) is 11.3 Å². The number of benzene rings is 1. The molecule has 1 unspecified atom stereocenters. The third-order valence-electron chi connectivity index (χ3n) is 3.77. The van der Waals surface area contributed by atoms with Gasteiger partial charge in [0.1, 0.15) is 0 Å². The average molecular weight is 272 g/mol. The maximum absolute atomic E-state index is 4.77. The zero-order valence-electron chi connectivity index (χ0n) is 11.3. The van der Waals surface area contributed by atoms with Gasteiger partial charge in [0.05, 0.1) is 10.7 Å². The van der Waals surface area contributed by atoms with Gasteiger partial charge in [-0.25, -0.2) is 4.98 Å². The lowest BCUT2D eigenvalue weighted by molar-refractivity contribution is 0.490. The largest absolute Gasteiger partial charge is 0.317 e. The van der Waals surface area contributed by atoms with Crippen molar-refractivity contribution < 1.29 is 0 Å². The molecule has 0 radical (unpaired) electrons. The van der Waals surface area contributed by atoms with Crippen molar-refractivity contribution in [2.45, 2.75) is 31.7 Å². The van der Waals surface area contributed by atoms with Crippen LogP contribution in [-0.4, -0.2) is 18.1 Å². The fourth-order valence-electron chi connectivity index (χ4n) is 2.42. The van der Waals surface area contributed by atoms with Gasteiger partial charge in [-0.15, -0.1) is 11.3 Å². The number of hydrogen-bond donors (Lipinski definition) is 1. The summed E-state index contributed by atoms with van der Waals surface area (Å²) in [5, 5.41) is 6.86. The summed E-state index contributed by atoms with van der Waals surface area (Å²) in [6.07, 6.45) is 5.21. The number of thiazole rings is 1. The maximum Gasteiger partial charge on any atom is 0.0948 e. The molecule has 0 bridgehead atoms. The van der Waals surface area contributed by atoms with Crippen LogP contribution in [0.15, 0.2) is 35.7 Å². The molecule has 3 heteroatoms. The number of aromatic nitrogens is 1. The lowest BCUT2D eigenvalue weighted by Crippen LogP contribution is -2.28. The highest BCUT2D eigenvalue weighted by Crippen LogP contribution is 2.34. The predicted molar refractivity (Wildman–Crippen MR) is 81.4 cm³/mol. The highest BCUT2D eigenvalue weighted by atomic mass is 32.1. The van der Waals surface area contributed by atoms with Crippen molar-refractivity contribution in [2.75, 3.05) is 7.05 Å². The third kappa shape index (κ3) is 3.43. The van der Waals surface area contributed by atoms with Crippen LogP contribution in [0.25, 0.3) is 11.3 Å². The van der Waals surface area contributed by atoms with E-state index in [9.17, 15) is 0 Å². The second-order valence-corrected chi connectivity index (χ2v) is 6.30. The van der Waals surface area contributed by atoms with Gasteiger partial charge in [0, 0.05) is 23.4 Å². The molecule has 3 rings (SSSR count). The van der Waals surface area contributed by atoms with Crippen molar-refractivity contribution >= 4 is 11.3 Å². The molecular formula is C16H20N2S. The van der Waals surface area contributed by atoms with Crippen molar-refractivity contribution in [1.82, 2.24) is 10.3 Å². The van der Waals surface area contributed by atoms with E-state index in [2.05, 4.69) is 42.0 Å². The van der Waals surface area contributed by atoms with Gasteiger partial charge in [-0.2, -0.15) is 0 Å². The molecule has 1 fully saturated rings. The van der Waals surface area contributed by atoms with Gasteiger partial charge < -0.3 is 5.32 Å². The molecule has 0 saturated heterocycles. The van der Waals surface area contributed by atoms with Gasteiger partial charge in [-0.05, 0) is 19.4 Å². The fraction of sp³-hybridized carbons (Fsp3) is 0.438. The molecule has 19 heavy (non-hydrogen) atoms. The van der Waals surface area contributed by atoms with E-state index >= 15 is 0 Å². The molecule has 1 heterocycles. The second-order valence-electron chi connectivity index (χ2n) is 5.36. The molecular weight excluding hydrogens is 252 g/mol. The van der Waals surface area contributed by atoms with E-state index in [-0.39, 0.29) is 0 Å². The van der Waals surface area contributed by atoms with Crippen LogP contribution in [0.5, 0.6) is 0 Å². The van der Waals surface area contributed by atoms with Crippen molar-refractivity contribution in [1.29, 1.82) is 0 Å². The standard InChI is InChI=1S/C16H20N2S/c1-17-14(9-12-7-8-12)10-16-18-15(11-19-16)13-5-3-2-4-6-13/h2-6,11-12,14,17H,7-10H2,1H3. The third-order valence-corrected chi connectivity index (χ3v) is 4.64. The smallest absolute Gasteiger partial charge is 0.0948 e. The Hall–Kier alpha value is -1.19. The Morgan fingerprint density at radius 1 is 1.32 bits per heavy atom. The van der Waals surface area contributed by atoms with Gasteiger partial charge in [-0.3, -0.25) is 0 Å². The summed E-state index contributed by atoms with van der Waals surface area (Å²) in [6.45, 7) is 0. The summed E-state index contributed by atoms with van der Waals surface area (Å²) < 4.78 is 0. The Balaban J connectivity index is 1.67. The molecule has 0 aliphatic heterocycles. The average Bonchev–Trinajstić information content (AvgIpc) is 3.15. The quantitative estimate of drug-likeness (QED) is 0.866. The van der Waals surface area contributed by atoms with E-state index < -0.39 is 0 Å².